The van der Waals surface area contributed by atoms with Gasteiger partial charge in [0.15, 0.2) is 0 Å². The zero-order valence-corrected chi connectivity index (χ0v) is 22.7. The summed E-state index contributed by atoms with van der Waals surface area (Å²) in [6.07, 6.45) is 3.41. The Morgan fingerprint density at radius 2 is 1.61 bits per heavy atom. The van der Waals surface area contributed by atoms with Crippen LogP contribution in [0.25, 0.3) is 0 Å². The van der Waals surface area contributed by atoms with Gasteiger partial charge in [-0.1, -0.05) is 30.7 Å². The fourth-order valence-electron chi connectivity index (χ4n) is 4.98. The Balaban J connectivity index is 1.31. The molecule has 2 aliphatic rings. The molecule has 3 N–H and O–H groups in total. The molecule has 1 aliphatic heterocycles. The van der Waals surface area contributed by atoms with Gasteiger partial charge in [-0.2, -0.15) is 0 Å². The molecule has 0 aromatic heterocycles. The molecule has 1 heterocycles. The number of anilines is 3. The van der Waals surface area contributed by atoms with Crippen molar-refractivity contribution in [3.05, 3.63) is 89.5 Å². The number of hydrogen-bond acceptors (Lipinski definition) is 4. The molecule has 10 heteroatoms. The van der Waals surface area contributed by atoms with Crippen LogP contribution in [0.5, 0.6) is 0 Å². The van der Waals surface area contributed by atoms with E-state index in [1.54, 1.807) is 41.3 Å². The van der Waals surface area contributed by atoms with E-state index in [-0.39, 0.29) is 41.8 Å². The Hall–Kier alpha value is -4.47. The van der Waals surface area contributed by atoms with Gasteiger partial charge in [-0.15, -0.1) is 0 Å². The summed E-state index contributed by atoms with van der Waals surface area (Å²) in [4.78, 5) is 42.6. The van der Waals surface area contributed by atoms with Crippen LogP contribution in [0.2, 0.25) is 0 Å². The molecular weight excluding hydrogens is 528 g/mol. The van der Waals surface area contributed by atoms with Crippen molar-refractivity contribution >= 4 is 34.9 Å². The van der Waals surface area contributed by atoms with Gasteiger partial charge in [0.25, 0.3) is 5.91 Å². The van der Waals surface area contributed by atoms with Crippen LogP contribution in [-0.2, 0) is 11.3 Å². The molecule has 4 amide bonds. The molecule has 3 aromatic carbocycles. The number of rotatable bonds is 7. The van der Waals surface area contributed by atoms with Crippen LogP contribution >= 0.6 is 0 Å². The molecule has 0 bridgehead atoms. The van der Waals surface area contributed by atoms with Gasteiger partial charge in [-0.3, -0.25) is 9.59 Å². The van der Waals surface area contributed by atoms with E-state index >= 15 is 0 Å². The van der Waals surface area contributed by atoms with Crippen molar-refractivity contribution in [1.29, 1.82) is 0 Å². The maximum Gasteiger partial charge on any atom is 0.321 e. The number of carbonyl (C=O) groups excluding carboxylic acids is 3. The molecular formula is C31H33F2N5O3. The topological polar surface area (TPSA) is 93.8 Å². The molecule has 2 fully saturated rings. The summed E-state index contributed by atoms with van der Waals surface area (Å²) >= 11 is 0. The van der Waals surface area contributed by atoms with E-state index in [1.165, 1.54) is 24.3 Å². The van der Waals surface area contributed by atoms with Crippen molar-refractivity contribution in [3.63, 3.8) is 0 Å². The van der Waals surface area contributed by atoms with Crippen LogP contribution in [0.3, 0.4) is 0 Å². The third kappa shape index (κ3) is 7.00. The van der Waals surface area contributed by atoms with E-state index in [1.807, 2.05) is 11.0 Å². The van der Waals surface area contributed by atoms with E-state index in [9.17, 15) is 23.2 Å². The predicted octanol–water partition coefficient (Wildman–Crippen LogP) is 5.38. The number of hydrogen-bond donors (Lipinski definition) is 3. The highest BCUT2D eigenvalue weighted by molar-refractivity contribution is 6.02. The lowest BCUT2D eigenvalue weighted by molar-refractivity contribution is -0.122. The highest BCUT2D eigenvalue weighted by atomic mass is 19.1. The summed E-state index contributed by atoms with van der Waals surface area (Å²) in [7, 11) is 0. The van der Waals surface area contributed by atoms with Gasteiger partial charge in [0.05, 0.1) is 11.3 Å². The Morgan fingerprint density at radius 1 is 0.829 bits per heavy atom. The number of amides is 4. The lowest BCUT2D eigenvalue weighted by Crippen LogP contribution is -2.38. The molecule has 3 aromatic rings. The Bertz CT molecular complexity index is 1410. The monoisotopic (exact) mass is 561 g/mol. The summed E-state index contributed by atoms with van der Waals surface area (Å²) in [5.41, 5.74) is 2.49. The van der Waals surface area contributed by atoms with Crippen molar-refractivity contribution in [1.82, 2.24) is 10.2 Å². The largest absolute Gasteiger partial charge is 0.369 e. The first-order chi connectivity index (χ1) is 19.9. The second-order valence-corrected chi connectivity index (χ2v) is 10.4. The predicted molar refractivity (Wildman–Crippen MR) is 154 cm³/mol. The zero-order chi connectivity index (χ0) is 28.8. The molecule has 41 heavy (non-hydrogen) atoms. The minimum atomic E-state index is -0.502. The number of para-hydroxylation sites is 1. The van der Waals surface area contributed by atoms with E-state index < -0.39 is 5.82 Å². The lowest BCUT2D eigenvalue weighted by atomic mass is 9.85. The quantitative estimate of drug-likeness (QED) is 0.361. The van der Waals surface area contributed by atoms with Crippen LogP contribution in [0.15, 0.2) is 66.7 Å². The average Bonchev–Trinajstić information content (AvgIpc) is 3.19. The third-order valence-corrected chi connectivity index (χ3v) is 7.59. The lowest BCUT2D eigenvalue weighted by Gasteiger charge is -2.27. The SMILES string of the molecule is O=C(NCc1ccc(F)cc1)c1cc(NC(=O)C2CCC2)ccc1N1CCCN(C(=O)Nc2ccccc2F)CC1. The summed E-state index contributed by atoms with van der Waals surface area (Å²) in [6.45, 7) is 2.10. The van der Waals surface area contributed by atoms with Gasteiger partial charge >= 0.3 is 6.03 Å². The number of halogens is 2. The Morgan fingerprint density at radius 3 is 2.34 bits per heavy atom. The minimum Gasteiger partial charge on any atom is -0.369 e. The first-order valence-electron chi connectivity index (χ1n) is 13.9. The highest BCUT2D eigenvalue weighted by Gasteiger charge is 2.27. The van der Waals surface area contributed by atoms with Crippen molar-refractivity contribution in [2.75, 3.05) is 41.7 Å². The summed E-state index contributed by atoms with van der Waals surface area (Å²) in [5, 5.41) is 8.48. The second kappa shape index (κ2) is 12.8. The molecule has 1 saturated heterocycles. The van der Waals surface area contributed by atoms with Gasteiger partial charge in [0.2, 0.25) is 5.91 Å². The summed E-state index contributed by atoms with van der Waals surface area (Å²) < 4.78 is 27.4. The average molecular weight is 562 g/mol. The number of nitrogens with one attached hydrogen (secondary N) is 3. The van der Waals surface area contributed by atoms with E-state index in [2.05, 4.69) is 16.0 Å². The van der Waals surface area contributed by atoms with Gasteiger partial charge in [-0.05, 0) is 67.3 Å². The van der Waals surface area contributed by atoms with Crippen LogP contribution in [0, 0.1) is 17.6 Å². The molecule has 8 nitrogen and oxygen atoms in total. The first kappa shape index (κ1) is 28.1. The van der Waals surface area contributed by atoms with Crippen molar-refractivity contribution < 1.29 is 23.2 Å². The molecule has 0 atom stereocenters. The highest BCUT2D eigenvalue weighted by Crippen LogP contribution is 2.30. The van der Waals surface area contributed by atoms with E-state index in [0.717, 1.165) is 24.8 Å². The van der Waals surface area contributed by atoms with Gasteiger partial charge in [0, 0.05) is 50.0 Å². The third-order valence-electron chi connectivity index (χ3n) is 7.59. The van der Waals surface area contributed by atoms with Crippen molar-refractivity contribution in [2.24, 2.45) is 5.92 Å². The molecule has 1 saturated carbocycles. The van der Waals surface area contributed by atoms with E-state index in [0.29, 0.717) is 49.5 Å². The molecule has 0 radical (unpaired) electrons. The zero-order valence-electron chi connectivity index (χ0n) is 22.7. The Labute approximate surface area is 237 Å². The molecule has 214 valence electrons. The molecule has 5 rings (SSSR count). The molecule has 1 aliphatic carbocycles. The number of urea groups is 1. The first-order valence-corrected chi connectivity index (χ1v) is 13.9. The fourth-order valence-corrected chi connectivity index (χ4v) is 4.98. The molecule has 0 unspecified atom stereocenters. The fraction of sp³-hybridized carbons (Fsp3) is 0.323. The van der Waals surface area contributed by atoms with Gasteiger partial charge in [0.1, 0.15) is 11.6 Å². The summed E-state index contributed by atoms with van der Waals surface area (Å²) in [5.74, 6) is -1.24. The number of carbonyl (C=O) groups is 3. The van der Waals surface area contributed by atoms with Crippen LogP contribution in [0.1, 0.15) is 41.6 Å². The number of nitrogens with zero attached hydrogens (tertiary/aromatic N) is 2. The van der Waals surface area contributed by atoms with Crippen LogP contribution in [0.4, 0.5) is 30.6 Å². The second-order valence-electron chi connectivity index (χ2n) is 10.4. The number of benzene rings is 3. The molecule has 0 spiro atoms. The smallest absolute Gasteiger partial charge is 0.321 e. The van der Waals surface area contributed by atoms with E-state index in [4.69, 9.17) is 0 Å². The van der Waals surface area contributed by atoms with Crippen molar-refractivity contribution in [3.8, 4) is 0 Å². The summed E-state index contributed by atoms with van der Waals surface area (Å²) in [6, 6.07) is 16.8. The standard InChI is InChI=1S/C31H33F2N5O3/c32-23-11-9-21(10-12-23)20-34-30(40)25-19-24(35-29(39)22-5-3-6-22)13-14-28(25)37-15-4-16-38(18-17-37)31(41)36-27-8-2-1-7-26(27)33/h1-2,7-14,19,22H,3-6,15-18,20H2,(H,34,40)(H,35,39)(H,36,41). The van der Waals surface area contributed by atoms with Crippen LogP contribution < -0.4 is 20.9 Å². The van der Waals surface area contributed by atoms with Gasteiger partial charge in [-0.25, -0.2) is 13.6 Å². The van der Waals surface area contributed by atoms with Crippen LogP contribution in [-0.4, -0.2) is 48.9 Å². The minimum absolute atomic E-state index is 0.00229. The van der Waals surface area contributed by atoms with Crippen molar-refractivity contribution in [2.45, 2.75) is 32.2 Å². The normalized spacial score (nSPS) is 15.5. The maximum atomic E-state index is 14.0. The maximum absolute atomic E-state index is 14.0. The van der Waals surface area contributed by atoms with Gasteiger partial charge < -0.3 is 25.8 Å². The Kier molecular flexibility index (Phi) is 8.76.